The number of nitrogens with zero attached hydrogens (tertiary/aromatic N) is 2. The van der Waals surface area contributed by atoms with Crippen molar-refractivity contribution in [2.24, 2.45) is 33.6 Å². The first-order valence-electron chi connectivity index (χ1n) is 25.7. The van der Waals surface area contributed by atoms with Gasteiger partial charge in [-0.15, -0.1) is 0 Å². The van der Waals surface area contributed by atoms with E-state index in [1.807, 2.05) is 59.8 Å². The first kappa shape index (κ1) is 51.5. The standard InChI is InChI=1S/C54H75N5O10/c1-7-14-42(46(61)51(65)56-37-21-22-37)57-49(63)35-24-25-54(6,28-38(27-35)69-52(66)59-30-36-20-23-44-47(40(36)31-59)68-32-67-44)48(62)41(53(3,4)5)18-13-19-43(60)45(34-16-9-8-10-17-34)58-50(64)39-29-55-26-12-11-15-33(39)2/h12,20,23,26,29,34-35,37-38,41-42,45H,7-11,13-19,21-22,24-25,27-28,30-32H2,1-6H3,(H,56,65)(H,57,63)(H,58,64). The molecule has 0 bridgehead atoms. The van der Waals surface area contributed by atoms with Gasteiger partial charge in [0.2, 0.25) is 18.5 Å². The fraction of sp³-hybridized carbons (Fsp3) is 0.667. The first-order chi connectivity index (χ1) is 32.9. The van der Waals surface area contributed by atoms with Gasteiger partial charge in [0.25, 0.3) is 11.8 Å². The number of Topliss-reactive ketones (excluding diaryl/α,β-unsaturated/α-hetero) is 3. The molecule has 4 amide bonds. The van der Waals surface area contributed by atoms with Crippen LogP contribution in [0.5, 0.6) is 11.5 Å². The van der Waals surface area contributed by atoms with E-state index in [-0.39, 0.29) is 74.9 Å². The van der Waals surface area contributed by atoms with Crippen LogP contribution >= 0.6 is 0 Å². The lowest BCUT2D eigenvalue weighted by atomic mass is 9.65. The van der Waals surface area contributed by atoms with Crippen LogP contribution in [0.2, 0.25) is 0 Å². The Balaban J connectivity index is 1.07. The van der Waals surface area contributed by atoms with E-state index in [2.05, 4.69) is 20.9 Å². The molecule has 1 aromatic rings. The third-order valence-corrected chi connectivity index (χ3v) is 15.4. The highest BCUT2D eigenvalue weighted by Crippen LogP contribution is 2.46. The number of benzene rings is 1. The second-order valence-corrected chi connectivity index (χ2v) is 21.9. The quantitative estimate of drug-likeness (QED) is 0.0951. The molecular weight excluding hydrogens is 879 g/mol. The van der Waals surface area contributed by atoms with Gasteiger partial charge in [-0.3, -0.25) is 38.7 Å². The third-order valence-electron chi connectivity index (χ3n) is 15.4. The molecule has 3 heterocycles. The number of hydrogen-bond acceptors (Lipinski definition) is 11. The maximum absolute atomic E-state index is 15.3. The number of aliphatic imine (C=N–C) groups is 1. The summed E-state index contributed by atoms with van der Waals surface area (Å²) in [6.07, 6.45) is 14.6. The summed E-state index contributed by atoms with van der Waals surface area (Å²) in [5, 5.41) is 8.78. The number of carbonyl (C=O) groups excluding carboxylic acids is 7. The molecule has 6 atom stereocenters. The summed E-state index contributed by atoms with van der Waals surface area (Å²) in [5.74, 6) is -2.07. The highest BCUT2D eigenvalue weighted by atomic mass is 16.7. The largest absolute Gasteiger partial charge is 0.454 e. The van der Waals surface area contributed by atoms with Crippen molar-refractivity contribution >= 4 is 47.4 Å². The van der Waals surface area contributed by atoms with Gasteiger partial charge >= 0.3 is 6.09 Å². The predicted octanol–water partition coefficient (Wildman–Crippen LogP) is 8.30. The van der Waals surface area contributed by atoms with Gasteiger partial charge in [0.05, 0.1) is 24.2 Å². The molecule has 0 saturated heterocycles. The van der Waals surface area contributed by atoms with Crippen LogP contribution in [-0.2, 0) is 46.6 Å². The van der Waals surface area contributed by atoms with E-state index in [1.165, 1.54) is 0 Å². The second-order valence-electron chi connectivity index (χ2n) is 21.9. The number of nitrogens with one attached hydrogen (secondary N) is 3. The lowest BCUT2D eigenvalue weighted by molar-refractivity contribution is -0.140. The molecule has 6 unspecified atom stereocenters. The first-order valence-corrected chi connectivity index (χ1v) is 25.7. The Kier molecular flexibility index (Phi) is 16.9. The maximum atomic E-state index is 15.3. The molecule has 3 N–H and O–H groups in total. The van der Waals surface area contributed by atoms with Gasteiger partial charge in [0, 0.05) is 54.2 Å². The Bertz CT molecular complexity index is 2220. The van der Waals surface area contributed by atoms with Crippen molar-refractivity contribution in [3.63, 3.8) is 0 Å². The van der Waals surface area contributed by atoms with E-state index >= 15 is 4.79 Å². The lowest BCUT2D eigenvalue weighted by Crippen LogP contribution is -2.49. The molecular formula is C54H75N5O10. The second kappa shape index (κ2) is 22.6. The van der Waals surface area contributed by atoms with Crippen LogP contribution in [0.15, 0.2) is 40.5 Å². The topological polar surface area (TPSA) is 199 Å². The van der Waals surface area contributed by atoms with E-state index in [1.54, 1.807) is 17.3 Å². The Labute approximate surface area is 407 Å². The smallest absolute Gasteiger partial charge is 0.410 e. The molecule has 3 fully saturated rings. The summed E-state index contributed by atoms with van der Waals surface area (Å²) in [6, 6.07) is 2.07. The zero-order chi connectivity index (χ0) is 49.5. The van der Waals surface area contributed by atoms with Crippen molar-refractivity contribution in [3.8, 4) is 11.5 Å². The molecule has 3 aliphatic carbocycles. The molecule has 15 heteroatoms. The summed E-state index contributed by atoms with van der Waals surface area (Å²) >= 11 is 0. The van der Waals surface area contributed by atoms with Crippen LogP contribution in [-0.4, -0.2) is 83.3 Å². The summed E-state index contributed by atoms with van der Waals surface area (Å²) in [4.78, 5) is 104. The Morgan fingerprint density at radius 1 is 0.957 bits per heavy atom. The van der Waals surface area contributed by atoms with Crippen molar-refractivity contribution in [3.05, 3.63) is 46.7 Å². The molecule has 7 rings (SSSR count). The number of amides is 4. The molecule has 6 aliphatic rings. The van der Waals surface area contributed by atoms with Gasteiger partial charge in [0.15, 0.2) is 17.3 Å². The van der Waals surface area contributed by atoms with Crippen LogP contribution < -0.4 is 25.4 Å². The van der Waals surface area contributed by atoms with Crippen LogP contribution in [0.3, 0.4) is 0 Å². The highest BCUT2D eigenvalue weighted by molar-refractivity contribution is 6.38. The molecule has 3 aliphatic heterocycles. The maximum Gasteiger partial charge on any atom is 0.410 e. The number of hydrogen-bond donors (Lipinski definition) is 3. The van der Waals surface area contributed by atoms with Gasteiger partial charge in [-0.1, -0.05) is 78.0 Å². The lowest BCUT2D eigenvalue weighted by Gasteiger charge is -2.38. The van der Waals surface area contributed by atoms with Gasteiger partial charge < -0.3 is 30.2 Å². The summed E-state index contributed by atoms with van der Waals surface area (Å²) in [7, 11) is 0. The number of fused-ring (bicyclic) bond motifs is 3. The van der Waals surface area contributed by atoms with Crippen LogP contribution in [0, 0.1) is 28.6 Å². The van der Waals surface area contributed by atoms with Crippen molar-refractivity contribution in [1.82, 2.24) is 20.9 Å². The summed E-state index contributed by atoms with van der Waals surface area (Å²) in [5.41, 5.74) is 1.66. The van der Waals surface area contributed by atoms with Gasteiger partial charge in [-0.05, 0) is 113 Å². The normalized spacial score (nSPS) is 23.9. The van der Waals surface area contributed by atoms with Gasteiger partial charge in [0.1, 0.15) is 11.9 Å². The van der Waals surface area contributed by atoms with Crippen LogP contribution in [0.1, 0.15) is 168 Å². The Hall–Kier alpha value is -5.34. The fourth-order valence-corrected chi connectivity index (χ4v) is 11.1. The molecule has 376 valence electrons. The van der Waals surface area contributed by atoms with Crippen LogP contribution in [0.25, 0.3) is 0 Å². The van der Waals surface area contributed by atoms with E-state index in [0.717, 1.165) is 74.5 Å². The van der Waals surface area contributed by atoms with Crippen molar-refractivity contribution in [2.45, 2.75) is 194 Å². The Morgan fingerprint density at radius 2 is 1.72 bits per heavy atom. The zero-order valence-corrected chi connectivity index (χ0v) is 41.8. The van der Waals surface area contributed by atoms with Crippen molar-refractivity contribution in [2.75, 3.05) is 6.79 Å². The average Bonchev–Trinajstić information content (AvgIpc) is 3.85. The molecule has 1 aromatic carbocycles. The minimum atomic E-state index is -1.02. The van der Waals surface area contributed by atoms with Crippen molar-refractivity contribution in [1.29, 1.82) is 0 Å². The van der Waals surface area contributed by atoms with E-state index < -0.39 is 64.5 Å². The van der Waals surface area contributed by atoms with Gasteiger partial charge in [-0.25, -0.2) is 4.79 Å². The number of ether oxygens (including phenoxy) is 3. The van der Waals surface area contributed by atoms with Crippen molar-refractivity contribution < 1.29 is 47.8 Å². The molecule has 3 saturated carbocycles. The molecule has 69 heavy (non-hydrogen) atoms. The number of ketones is 3. The van der Waals surface area contributed by atoms with Crippen LogP contribution in [0.4, 0.5) is 4.79 Å². The number of carbonyl (C=O) groups is 7. The minimum absolute atomic E-state index is 0.0150. The summed E-state index contributed by atoms with van der Waals surface area (Å²) in [6.45, 7) is 12.4. The monoisotopic (exact) mass is 954 g/mol. The fourth-order valence-electron chi connectivity index (χ4n) is 11.1. The average molecular weight is 954 g/mol. The highest BCUT2D eigenvalue weighted by Gasteiger charge is 2.48. The predicted molar refractivity (Wildman–Crippen MR) is 260 cm³/mol. The van der Waals surface area contributed by atoms with E-state index in [9.17, 15) is 28.8 Å². The molecule has 0 aromatic heterocycles. The number of rotatable bonds is 18. The van der Waals surface area contributed by atoms with E-state index in [0.29, 0.717) is 49.3 Å². The third kappa shape index (κ3) is 12.9. The van der Waals surface area contributed by atoms with Gasteiger partial charge in [-0.2, -0.15) is 0 Å². The minimum Gasteiger partial charge on any atom is -0.454 e. The molecule has 0 radical (unpaired) electrons. The summed E-state index contributed by atoms with van der Waals surface area (Å²) < 4.78 is 17.6. The zero-order valence-electron chi connectivity index (χ0n) is 41.8. The number of allylic oxidation sites excluding steroid dienone is 2. The SMILES string of the molecule is CCCC(NC(=O)C1CCC(C)(C(=O)C(CCCC(=O)C(NC(=O)C2=C(C)CCC=CN=C2)C2CCCCC2)C(C)(C)C)CC(OC(=O)N2Cc3ccc4c(c3C2)OCO4)C1)C(=O)C(=O)NC1CC1. The van der Waals surface area contributed by atoms with E-state index in [4.69, 9.17) is 14.2 Å². The molecule has 0 spiro atoms. The Morgan fingerprint density at radius 3 is 2.45 bits per heavy atom. The molecule has 15 nitrogen and oxygen atoms in total.